The van der Waals surface area contributed by atoms with Crippen LogP contribution in [0.4, 0.5) is 0 Å². The highest BCUT2D eigenvalue weighted by Crippen LogP contribution is 2.22. The van der Waals surface area contributed by atoms with Crippen LogP contribution in [0, 0.1) is 13.8 Å². The molecule has 0 aliphatic carbocycles. The average molecular weight is 241 g/mol. The van der Waals surface area contributed by atoms with Gasteiger partial charge in [-0.25, -0.2) is 0 Å². The van der Waals surface area contributed by atoms with Crippen LogP contribution in [0.1, 0.15) is 27.3 Å². The summed E-state index contributed by atoms with van der Waals surface area (Å²) >= 11 is 0. The van der Waals surface area contributed by atoms with E-state index < -0.39 is 0 Å². The predicted molar refractivity (Wildman–Crippen MR) is 69.9 cm³/mol. The summed E-state index contributed by atoms with van der Waals surface area (Å²) in [5.74, 6) is 0.635. The van der Waals surface area contributed by atoms with Crippen LogP contribution in [0.15, 0.2) is 36.4 Å². The minimum absolute atomic E-state index is 0.368. The molecule has 18 heavy (non-hydrogen) atoms. The lowest BCUT2D eigenvalue weighted by Gasteiger charge is -2.11. The van der Waals surface area contributed by atoms with Crippen molar-refractivity contribution >= 4 is 6.29 Å². The second-order valence-corrected chi connectivity index (χ2v) is 4.17. The molecule has 0 amide bonds. The van der Waals surface area contributed by atoms with Gasteiger partial charge < -0.3 is 4.74 Å². The maximum absolute atomic E-state index is 10.9. The van der Waals surface area contributed by atoms with Crippen molar-refractivity contribution in [1.29, 1.82) is 0 Å². The van der Waals surface area contributed by atoms with E-state index in [0.29, 0.717) is 17.9 Å². The van der Waals surface area contributed by atoms with Crippen molar-refractivity contribution in [2.45, 2.75) is 20.5 Å². The SMILES string of the molecule is Cc1cccc(COc2c(C)cccc2C=O)n1. The van der Waals surface area contributed by atoms with Crippen LogP contribution in [0.25, 0.3) is 0 Å². The van der Waals surface area contributed by atoms with Gasteiger partial charge >= 0.3 is 0 Å². The first-order chi connectivity index (χ1) is 8.70. The predicted octanol–water partition coefficient (Wildman–Crippen LogP) is 3.09. The number of carbonyl (C=O) groups is 1. The summed E-state index contributed by atoms with van der Waals surface area (Å²) in [6.07, 6.45) is 0.812. The van der Waals surface area contributed by atoms with Gasteiger partial charge in [-0.05, 0) is 37.6 Å². The number of para-hydroxylation sites is 1. The summed E-state index contributed by atoms with van der Waals surface area (Å²) in [6.45, 7) is 4.23. The summed E-state index contributed by atoms with van der Waals surface area (Å²) in [4.78, 5) is 15.3. The van der Waals surface area contributed by atoms with E-state index in [1.165, 1.54) is 0 Å². The van der Waals surface area contributed by atoms with E-state index in [2.05, 4.69) is 4.98 Å². The molecule has 0 saturated heterocycles. The Hall–Kier alpha value is -2.16. The fourth-order valence-electron chi connectivity index (χ4n) is 1.79. The highest BCUT2D eigenvalue weighted by Gasteiger charge is 2.06. The fraction of sp³-hybridized carbons (Fsp3) is 0.200. The molecule has 0 saturated carbocycles. The minimum Gasteiger partial charge on any atom is -0.486 e. The number of carbonyl (C=O) groups excluding carboxylic acids is 1. The third kappa shape index (κ3) is 2.74. The number of hydrogen-bond donors (Lipinski definition) is 0. The number of nitrogens with zero attached hydrogens (tertiary/aromatic N) is 1. The lowest BCUT2D eigenvalue weighted by Crippen LogP contribution is -2.02. The van der Waals surface area contributed by atoms with Gasteiger partial charge in [0.1, 0.15) is 12.4 Å². The molecule has 3 nitrogen and oxygen atoms in total. The van der Waals surface area contributed by atoms with E-state index in [4.69, 9.17) is 4.74 Å². The monoisotopic (exact) mass is 241 g/mol. The van der Waals surface area contributed by atoms with Gasteiger partial charge in [0.2, 0.25) is 0 Å². The highest BCUT2D eigenvalue weighted by atomic mass is 16.5. The molecule has 0 fully saturated rings. The number of aryl methyl sites for hydroxylation is 2. The first-order valence-corrected chi connectivity index (χ1v) is 5.81. The molecule has 0 unspecified atom stereocenters. The maximum Gasteiger partial charge on any atom is 0.153 e. The molecule has 1 heterocycles. The summed E-state index contributed by atoms with van der Waals surface area (Å²) in [7, 11) is 0. The van der Waals surface area contributed by atoms with Gasteiger partial charge in [-0.2, -0.15) is 0 Å². The third-order valence-electron chi connectivity index (χ3n) is 2.68. The van der Waals surface area contributed by atoms with Gasteiger partial charge in [-0.15, -0.1) is 0 Å². The second-order valence-electron chi connectivity index (χ2n) is 4.17. The number of aldehydes is 1. The lowest BCUT2D eigenvalue weighted by molar-refractivity contribution is 0.111. The fourth-order valence-corrected chi connectivity index (χ4v) is 1.79. The van der Waals surface area contributed by atoms with Crippen molar-refractivity contribution in [1.82, 2.24) is 4.98 Å². The van der Waals surface area contributed by atoms with Gasteiger partial charge in [0.15, 0.2) is 6.29 Å². The van der Waals surface area contributed by atoms with Gasteiger partial charge in [-0.1, -0.05) is 18.2 Å². The quantitative estimate of drug-likeness (QED) is 0.772. The zero-order valence-electron chi connectivity index (χ0n) is 10.5. The van der Waals surface area contributed by atoms with Crippen molar-refractivity contribution in [2.75, 3.05) is 0 Å². The summed E-state index contributed by atoms with van der Waals surface area (Å²) in [5.41, 5.74) is 3.33. The third-order valence-corrected chi connectivity index (χ3v) is 2.68. The molecule has 0 spiro atoms. The van der Waals surface area contributed by atoms with Crippen molar-refractivity contribution in [3.05, 3.63) is 58.9 Å². The first-order valence-electron chi connectivity index (χ1n) is 5.81. The van der Waals surface area contributed by atoms with Crippen LogP contribution in [-0.4, -0.2) is 11.3 Å². The molecule has 0 atom stereocenters. The number of hydrogen-bond acceptors (Lipinski definition) is 3. The number of ether oxygens (including phenoxy) is 1. The summed E-state index contributed by atoms with van der Waals surface area (Å²) in [6, 6.07) is 11.3. The molecule has 3 heteroatoms. The van der Waals surface area contributed by atoms with Gasteiger partial charge in [0, 0.05) is 5.69 Å². The smallest absolute Gasteiger partial charge is 0.153 e. The van der Waals surface area contributed by atoms with Crippen LogP contribution in [-0.2, 0) is 6.61 Å². The zero-order valence-corrected chi connectivity index (χ0v) is 10.5. The Morgan fingerprint density at radius 3 is 2.67 bits per heavy atom. The van der Waals surface area contributed by atoms with Crippen molar-refractivity contribution < 1.29 is 9.53 Å². The molecule has 0 aliphatic heterocycles. The van der Waals surface area contributed by atoms with Crippen molar-refractivity contribution in [3.63, 3.8) is 0 Å². The maximum atomic E-state index is 10.9. The summed E-state index contributed by atoms with van der Waals surface area (Å²) < 4.78 is 5.71. The van der Waals surface area contributed by atoms with Crippen LogP contribution in [0.5, 0.6) is 5.75 Å². The van der Waals surface area contributed by atoms with Gasteiger partial charge in [0.25, 0.3) is 0 Å². The summed E-state index contributed by atoms with van der Waals surface area (Å²) in [5, 5.41) is 0. The normalized spacial score (nSPS) is 10.1. The first kappa shape index (κ1) is 12.3. The zero-order chi connectivity index (χ0) is 13.0. The average Bonchev–Trinajstić information content (AvgIpc) is 2.37. The Morgan fingerprint density at radius 2 is 1.94 bits per heavy atom. The number of pyridine rings is 1. The molecule has 0 N–H and O–H groups in total. The second kappa shape index (κ2) is 5.45. The van der Waals surface area contributed by atoms with Gasteiger partial charge in [0.05, 0.1) is 11.3 Å². The molecule has 2 aromatic rings. The van der Waals surface area contributed by atoms with E-state index in [0.717, 1.165) is 23.2 Å². The molecule has 1 aromatic heterocycles. The molecule has 92 valence electrons. The van der Waals surface area contributed by atoms with E-state index >= 15 is 0 Å². The molecule has 2 rings (SSSR count). The van der Waals surface area contributed by atoms with E-state index in [9.17, 15) is 4.79 Å². The molecule has 1 aromatic carbocycles. The van der Waals surface area contributed by atoms with Gasteiger partial charge in [-0.3, -0.25) is 9.78 Å². The topological polar surface area (TPSA) is 39.2 Å². The molecule has 0 bridgehead atoms. The van der Waals surface area contributed by atoms with Crippen LogP contribution in [0.3, 0.4) is 0 Å². The number of rotatable bonds is 4. The van der Waals surface area contributed by atoms with E-state index in [1.54, 1.807) is 6.07 Å². The Balaban J connectivity index is 2.18. The van der Waals surface area contributed by atoms with Crippen molar-refractivity contribution in [3.8, 4) is 5.75 Å². The molecule has 0 aliphatic rings. The molecular weight excluding hydrogens is 226 g/mol. The Labute approximate surface area is 106 Å². The van der Waals surface area contributed by atoms with E-state index in [-0.39, 0.29) is 0 Å². The lowest BCUT2D eigenvalue weighted by atomic mass is 10.1. The Morgan fingerprint density at radius 1 is 1.17 bits per heavy atom. The highest BCUT2D eigenvalue weighted by molar-refractivity contribution is 5.80. The standard InChI is InChI=1S/C15H15NO2/c1-11-5-3-7-13(9-17)15(11)18-10-14-8-4-6-12(2)16-14/h3-9H,10H2,1-2H3. The Bertz CT molecular complexity index is 564. The van der Waals surface area contributed by atoms with Crippen molar-refractivity contribution in [2.24, 2.45) is 0 Å². The minimum atomic E-state index is 0.368. The number of benzene rings is 1. The van der Waals surface area contributed by atoms with Crippen LogP contribution >= 0.6 is 0 Å². The number of aromatic nitrogens is 1. The Kier molecular flexibility index (Phi) is 3.72. The van der Waals surface area contributed by atoms with E-state index in [1.807, 2.05) is 44.2 Å². The largest absolute Gasteiger partial charge is 0.486 e. The van der Waals surface area contributed by atoms with Crippen LogP contribution in [0.2, 0.25) is 0 Å². The molecular formula is C15H15NO2. The van der Waals surface area contributed by atoms with Crippen LogP contribution < -0.4 is 4.74 Å². The molecule has 0 radical (unpaired) electrons.